The highest BCUT2D eigenvalue weighted by Gasteiger charge is 2.24. The van der Waals surface area contributed by atoms with Gasteiger partial charge in [-0.2, -0.15) is 0 Å². The zero-order chi connectivity index (χ0) is 17.9. The monoisotopic (exact) mass is 379 g/mol. The average Bonchev–Trinajstić information content (AvgIpc) is 3.15. The molecule has 8 heteroatoms. The molecule has 1 saturated heterocycles. The van der Waals surface area contributed by atoms with Crippen molar-refractivity contribution in [3.05, 3.63) is 41.4 Å². The number of hydrogen-bond donors (Lipinski definition) is 1. The highest BCUT2D eigenvalue weighted by Crippen LogP contribution is 2.24. The molecule has 1 unspecified atom stereocenters. The summed E-state index contributed by atoms with van der Waals surface area (Å²) < 4.78 is 27.7. The number of thiazole rings is 1. The fourth-order valence-corrected chi connectivity index (χ4v) is 4.81. The Morgan fingerprint density at radius 3 is 3.00 bits per heavy atom. The van der Waals surface area contributed by atoms with E-state index in [0.29, 0.717) is 12.1 Å². The lowest BCUT2D eigenvalue weighted by Crippen LogP contribution is -2.41. The van der Waals surface area contributed by atoms with Crippen molar-refractivity contribution < 1.29 is 13.2 Å². The molecular weight excluding hydrogens is 358 g/mol. The van der Waals surface area contributed by atoms with Crippen LogP contribution >= 0.6 is 11.3 Å². The van der Waals surface area contributed by atoms with Gasteiger partial charge in [0.25, 0.3) is 0 Å². The largest absolute Gasteiger partial charge is 0.348 e. The fourth-order valence-electron chi connectivity index (χ4n) is 2.97. The van der Waals surface area contributed by atoms with Gasteiger partial charge in [0.2, 0.25) is 10.0 Å². The second-order valence-corrected chi connectivity index (χ2v) is 8.84. The molecule has 1 aromatic carbocycles. The molecule has 3 rings (SSSR count). The number of sulfonamides is 1. The number of anilines is 1. The number of piperidine rings is 1. The Balaban J connectivity index is 1.64. The minimum absolute atomic E-state index is 0.132. The third kappa shape index (κ3) is 4.45. The molecule has 1 N–H and O–H groups in total. The van der Waals surface area contributed by atoms with E-state index >= 15 is 0 Å². The number of hydrogen-bond acceptors (Lipinski definition) is 6. The van der Waals surface area contributed by atoms with Crippen LogP contribution in [0, 0.1) is 5.92 Å². The summed E-state index contributed by atoms with van der Waals surface area (Å²) in [4.78, 5) is 18.1. The van der Waals surface area contributed by atoms with E-state index in [4.69, 9.17) is 0 Å². The molecule has 1 atom stereocenters. The summed E-state index contributed by atoms with van der Waals surface area (Å²) in [6.07, 6.45) is 3.79. The molecule has 1 aliphatic heterocycles. The average molecular weight is 380 g/mol. The van der Waals surface area contributed by atoms with E-state index < -0.39 is 10.0 Å². The molecule has 1 fully saturated rings. The Morgan fingerprint density at radius 1 is 1.44 bits per heavy atom. The fraction of sp³-hybridized carbons (Fsp3) is 0.412. The molecular formula is C17H21N3O3S2. The summed E-state index contributed by atoms with van der Waals surface area (Å²) in [7, 11) is -3.62. The smallest absolute Gasteiger partial charge is 0.240 e. The van der Waals surface area contributed by atoms with Crippen LogP contribution in [0.2, 0.25) is 0 Å². The van der Waals surface area contributed by atoms with Crippen LogP contribution in [0.15, 0.2) is 40.7 Å². The topological polar surface area (TPSA) is 79.4 Å². The third-order valence-corrected chi connectivity index (χ3v) is 6.58. The van der Waals surface area contributed by atoms with Crippen LogP contribution in [0.25, 0.3) is 0 Å². The number of carbonyl (C=O) groups is 1. The first-order chi connectivity index (χ1) is 12.0. The highest BCUT2D eigenvalue weighted by molar-refractivity contribution is 7.89. The minimum Gasteiger partial charge on any atom is -0.348 e. The SMILES string of the molecule is CC(=O)c1cccc(S(=O)(=O)NCC2CCCN(c3nccs3)C2)c1. The summed E-state index contributed by atoms with van der Waals surface area (Å²) in [5, 5.41) is 2.94. The van der Waals surface area contributed by atoms with E-state index in [-0.39, 0.29) is 16.6 Å². The van der Waals surface area contributed by atoms with Gasteiger partial charge in [0.05, 0.1) is 4.90 Å². The van der Waals surface area contributed by atoms with Crippen molar-refractivity contribution in [3.63, 3.8) is 0 Å². The molecule has 2 aromatic rings. The second-order valence-electron chi connectivity index (χ2n) is 6.20. The molecule has 1 aromatic heterocycles. The van der Waals surface area contributed by atoms with Crippen molar-refractivity contribution in [2.75, 3.05) is 24.5 Å². The molecule has 0 radical (unpaired) electrons. The molecule has 0 bridgehead atoms. The highest BCUT2D eigenvalue weighted by atomic mass is 32.2. The molecule has 0 spiro atoms. The first kappa shape index (κ1) is 18.0. The molecule has 0 saturated carbocycles. The lowest BCUT2D eigenvalue weighted by Gasteiger charge is -2.32. The van der Waals surface area contributed by atoms with Gasteiger partial charge in [-0.3, -0.25) is 4.79 Å². The molecule has 25 heavy (non-hydrogen) atoms. The van der Waals surface area contributed by atoms with Crippen LogP contribution in [0.5, 0.6) is 0 Å². The van der Waals surface area contributed by atoms with Crippen molar-refractivity contribution in [2.24, 2.45) is 5.92 Å². The molecule has 6 nitrogen and oxygen atoms in total. The first-order valence-electron chi connectivity index (χ1n) is 8.21. The van der Waals surface area contributed by atoms with E-state index in [0.717, 1.165) is 31.1 Å². The summed E-state index contributed by atoms with van der Waals surface area (Å²) in [5.41, 5.74) is 0.399. The lowest BCUT2D eigenvalue weighted by atomic mass is 9.99. The van der Waals surface area contributed by atoms with Crippen LogP contribution < -0.4 is 9.62 Å². The van der Waals surface area contributed by atoms with Gasteiger partial charge < -0.3 is 4.90 Å². The number of rotatable bonds is 6. The van der Waals surface area contributed by atoms with Gasteiger partial charge in [-0.25, -0.2) is 18.1 Å². The van der Waals surface area contributed by atoms with E-state index in [2.05, 4.69) is 14.6 Å². The second kappa shape index (κ2) is 7.63. The number of Topliss-reactive ketones (excluding diaryl/α,β-unsaturated/α-hetero) is 1. The van der Waals surface area contributed by atoms with Crippen molar-refractivity contribution in [3.8, 4) is 0 Å². The zero-order valence-corrected chi connectivity index (χ0v) is 15.6. The predicted octanol–water partition coefficient (Wildman–Crippen LogP) is 2.54. The van der Waals surface area contributed by atoms with Gasteiger partial charge in [-0.15, -0.1) is 11.3 Å². The maximum absolute atomic E-state index is 12.5. The molecule has 1 aliphatic rings. The predicted molar refractivity (Wildman–Crippen MR) is 98.7 cm³/mol. The maximum atomic E-state index is 12.5. The van der Waals surface area contributed by atoms with Crippen molar-refractivity contribution in [2.45, 2.75) is 24.7 Å². The Hall–Kier alpha value is -1.77. The number of nitrogens with one attached hydrogen (secondary N) is 1. The maximum Gasteiger partial charge on any atom is 0.240 e. The van der Waals surface area contributed by atoms with Gasteiger partial charge >= 0.3 is 0 Å². The Labute approximate surface area is 151 Å². The number of nitrogens with zero attached hydrogens (tertiary/aromatic N) is 2. The number of ketones is 1. The van der Waals surface area contributed by atoms with Crippen LogP contribution in [0.3, 0.4) is 0 Å². The van der Waals surface area contributed by atoms with Gasteiger partial charge in [0.15, 0.2) is 10.9 Å². The quantitative estimate of drug-likeness (QED) is 0.780. The van der Waals surface area contributed by atoms with E-state index in [1.807, 2.05) is 5.38 Å². The van der Waals surface area contributed by atoms with Crippen LogP contribution in [-0.2, 0) is 10.0 Å². The normalized spacial score (nSPS) is 18.3. The Bertz CT molecular complexity index is 835. The first-order valence-corrected chi connectivity index (χ1v) is 10.6. The third-order valence-electron chi connectivity index (χ3n) is 4.32. The number of carbonyl (C=O) groups excluding carboxylic acids is 1. The van der Waals surface area contributed by atoms with E-state index in [1.165, 1.54) is 19.1 Å². The standard InChI is InChI=1S/C17H21N3O3S2/c1-13(21)15-5-2-6-16(10-15)25(22,23)19-11-14-4-3-8-20(12-14)17-18-7-9-24-17/h2,5-7,9-10,14,19H,3-4,8,11-12H2,1H3. The summed E-state index contributed by atoms with van der Waals surface area (Å²) in [6, 6.07) is 6.15. The van der Waals surface area contributed by atoms with E-state index in [1.54, 1.807) is 29.7 Å². The Kier molecular flexibility index (Phi) is 5.51. The molecule has 2 heterocycles. The van der Waals surface area contributed by atoms with Crippen molar-refractivity contribution in [1.82, 2.24) is 9.71 Å². The molecule has 134 valence electrons. The minimum atomic E-state index is -3.62. The number of aromatic nitrogens is 1. The van der Waals surface area contributed by atoms with Crippen LogP contribution in [-0.4, -0.2) is 38.8 Å². The summed E-state index contributed by atoms with van der Waals surface area (Å²) >= 11 is 1.60. The molecule has 0 aliphatic carbocycles. The Morgan fingerprint density at radius 2 is 2.28 bits per heavy atom. The van der Waals surface area contributed by atoms with E-state index in [9.17, 15) is 13.2 Å². The molecule has 0 amide bonds. The van der Waals surface area contributed by atoms with Crippen molar-refractivity contribution in [1.29, 1.82) is 0 Å². The number of benzene rings is 1. The summed E-state index contributed by atoms with van der Waals surface area (Å²) in [6.45, 7) is 3.56. The van der Waals surface area contributed by atoms with Gasteiger partial charge in [0, 0.05) is 36.8 Å². The van der Waals surface area contributed by atoms with Crippen molar-refractivity contribution >= 4 is 32.3 Å². The van der Waals surface area contributed by atoms with Crippen LogP contribution in [0.4, 0.5) is 5.13 Å². The summed E-state index contributed by atoms with van der Waals surface area (Å²) in [5.74, 6) is 0.0897. The van der Waals surface area contributed by atoms with Gasteiger partial charge in [-0.1, -0.05) is 12.1 Å². The van der Waals surface area contributed by atoms with Gasteiger partial charge in [-0.05, 0) is 37.8 Å². The van der Waals surface area contributed by atoms with Gasteiger partial charge in [0.1, 0.15) is 0 Å². The van der Waals surface area contributed by atoms with Crippen LogP contribution in [0.1, 0.15) is 30.1 Å². The zero-order valence-electron chi connectivity index (χ0n) is 14.0. The lowest BCUT2D eigenvalue weighted by molar-refractivity contribution is 0.101.